The van der Waals surface area contributed by atoms with E-state index in [9.17, 15) is 13.6 Å². The Labute approximate surface area is 118 Å². The monoisotopic (exact) mass is 290 g/mol. The topological polar surface area (TPSA) is 43.8 Å². The highest BCUT2D eigenvalue weighted by atomic mass is 19.3. The molecule has 1 saturated carbocycles. The molecule has 1 aliphatic heterocycles. The molecule has 1 aliphatic carbocycles. The van der Waals surface area contributed by atoms with Crippen molar-refractivity contribution in [1.82, 2.24) is 9.80 Å². The van der Waals surface area contributed by atoms with Crippen molar-refractivity contribution in [1.29, 1.82) is 0 Å². The number of alkyl halides is 2. The van der Waals surface area contributed by atoms with E-state index in [0.717, 1.165) is 19.5 Å². The smallest absolute Gasteiger partial charge is 0.248 e. The van der Waals surface area contributed by atoms with E-state index < -0.39 is 5.92 Å². The molecule has 0 unspecified atom stereocenters. The number of hydrogen-bond donors (Lipinski definition) is 1. The Morgan fingerprint density at radius 2 is 1.85 bits per heavy atom. The lowest BCUT2D eigenvalue weighted by Crippen LogP contribution is -2.41. The molecular weight excluding hydrogens is 266 g/mol. The fourth-order valence-corrected chi connectivity index (χ4v) is 3.10. The van der Waals surface area contributed by atoms with Crippen molar-refractivity contribution < 1.29 is 18.7 Å². The van der Waals surface area contributed by atoms with Gasteiger partial charge in [-0.2, -0.15) is 0 Å². The van der Waals surface area contributed by atoms with Crippen LogP contribution in [-0.4, -0.2) is 66.1 Å². The number of hydrogen-bond acceptors (Lipinski definition) is 3. The molecule has 6 heteroatoms. The second-order valence-corrected chi connectivity index (χ2v) is 5.87. The van der Waals surface area contributed by atoms with Crippen LogP contribution in [0.25, 0.3) is 0 Å². The van der Waals surface area contributed by atoms with Gasteiger partial charge in [-0.1, -0.05) is 0 Å². The predicted molar refractivity (Wildman–Crippen MR) is 71.6 cm³/mol. The fraction of sp³-hybridized carbons (Fsp3) is 0.929. The van der Waals surface area contributed by atoms with Crippen molar-refractivity contribution in [2.75, 3.05) is 39.3 Å². The molecule has 4 nitrogen and oxygen atoms in total. The highest BCUT2D eigenvalue weighted by molar-refractivity contribution is 5.79. The molecule has 0 radical (unpaired) electrons. The number of nitrogens with zero attached hydrogens (tertiary/aromatic N) is 2. The van der Waals surface area contributed by atoms with Gasteiger partial charge in [0.2, 0.25) is 11.8 Å². The number of carbonyl (C=O) groups excluding carboxylic acids is 1. The molecular formula is C14H24F2N2O2. The molecule has 1 N–H and O–H groups in total. The Balaban J connectivity index is 1.83. The summed E-state index contributed by atoms with van der Waals surface area (Å²) in [7, 11) is 0. The van der Waals surface area contributed by atoms with Gasteiger partial charge in [0.1, 0.15) is 0 Å². The van der Waals surface area contributed by atoms with Gasteiger partial charge in [0.25, 0.3) is 0 Å². The molecule has 0 aromatic rings. The minimum absolute atomic E-state index is 0.0475. The van der Waals surface area contributed by atoms with Crippen LogP contribution in [0.1, 0.15) is 32.1 Å². The number of amides is 1. The first kappa shape index (κ1) is 15.6. The van der Waals surface area contributed by atoms with E-state index in [2.05, 4.69) is 4.90 Å². The second-order valence-electron chi connectivity index (χ2n) is 5.87. The van der Waals surface area contributed by atoms with Crippen LogP contribution in [0, 0.1) is 5.92 Å². The van der Waals surface area contributed by atoms with Crippen LogP contribution in [0.2, 0.25) is 0 Å². The Hall–Kier alpha value is -0.750. The van der Waals surface area contributed by atoms with E-state index in [4.69, 9.17) is 5.11 Å². The normalized spacial score (nSPS) is 25.4. The minimum Gasteiger partial charge on any atom is -0.395 e. The summed E-state index contributed by atoms with van der Waals surface area (Å²) in [5, 5.41) is 8.95. The maximum Gasteiger partial charge on any atom is 0.248 e. The molecule has 1 amide bonds. The summed E-state index contributed by atoms with van der Waals surface area (Å²) in [5.74, 6) is -2.75. The molecule has 2 aliphatic rings. The van der Waals surface area contributed by atoms with Gasteiger partial charge < -0.3 is 10.0 Å². The summed E-state index contributed by atoms with van der Waals surface area (Å²) >= 11 is 0. The Morgan fingerprint density at radius 1 is 1.15 bits per heavy atom. The summed E-state index contributed by atoms with van der Waals surface area (Å²) < 4.78 is 26.3. The number of aliphatic hydroxyl groups excluding tert-OH is 1. The van der Waals surface area contributed by atoms with Crippen molar-refractivity contribution in [2.24, 2.45) is 5.92 Å². The third-order valence-corrected chi connectivity index (χ3v) is 4.38. The highest BCUT2D eigenvalue weighted by Gasteiger charge is 2.38. The molecule has 0 aromatic carbocycles. The molecule has 2 rings (SSSR count). The number of aliphatic hydroxyl groups is 1. The Kier molecular flexibility index (Phi) is 5.32. The van der Waals surface area contributed by atoms with E-state index in [1.54, 1.807) is 0 Å². The van der Waals surface area contributed by atoms with E-state index in [-0.39, 0.29) is 31.3 Å². The van der Waals surface area contributed by atoms with E-state index >= 15 is 0 Å². The van der Waals surface area contributed by atoms with Crippen molar-refractivity contribution in [3.8, 4) is 0 Å². The Morgan fingerprint density at radius 3 is 2.50 bits per heavy atom. The third-order valence-electron chi connectivity index (χ3n) is 4.38. The Bertz CT molecular complexity index is 329. The molecule has 0 aromatic heterocycles. The molecule has 0 atom stereocenters. The summed E-state index contributed by atoms with van der Waals surface area (Å²) in [4.78, 5) is 16.4. The number of β-amino-alcohol motifs (C(OH)–C–C–N with tert-alkyl or cyclic N) is 1. The average molecular weight is 290 g/mol. The van der Waals surface area contributed by atoms with Gasteiger partial charge in [-0.25, -0.2) is 8.78 Å². The molecule has 20 heavy (non-hydrogen) atoms. The van der Waals surface area contributed by atoms with Crippen LogP contribution >= 0.6 is 0 Å². The van der Waals surface area contributed by atoms with Crippen LogP contribution < -0.4 is 0 Å². The van der Waals surface area contributed by atoms with Crippen LogP contribution in [0.15, 0.2) is 0 Å². The zero-order valence-corrected chi connectivity index (χ0v) is 11.9. The van der Waals surface area contributed by atoms with Gasteiger partial charge in [-0.05, 0) is 25.8 Å². The van der Waals surface area contributed by atoms with E-state index in [1.807, 2.05) is 4.90 Å². The number of carbonyl (C=O) groups is 1. The van der Waals surface area contributed by atoms with Gasteiger partial charge in [-0.15, -0.1) is 0 Å². The molecule has 0 bridgehead atoms. The third kappa shape index (κ3) is 4.12. The van der Waals surface area contributed by atoms with Gasteiger partial charge in [0.15, 0.2) is 0 Å². The SMILES string of the molecule is O=C(C1CCC(F)(F)CC1)N1CCCN(CCO)CC1. The van der Waals surface area contributed by atoms with Crippen molar-refractivity contribution in [2.45, 2.75) is 38.0 Å². The maximum absolute atomic E-state index is 13.1. The van der Waals surface area contributed by atoms with Gasteiger partial charge in [0.05, 0.1) is 6.61 Å². The maximum atomic E-state index is 13.1. The largest absolute Gasteiger partial charge is 0.395 e. The lowest BCUT2D eigenvalue weighted by molar-refractivity contribution is -0.139. The zero-order valence-electron chi connectivity index (χ0n) is 11.9. The quantitative estimate of drug-likeness (QED) is 0.853. The standard InChI is InChI=1S/C14H24F2N2O2/c15-14(16)4-2-12(3-5-14)13(20)18-7-1-6-17(8-9-18)10-11-19/h12,19H,1-11H2. The lowest BCUT2D eigenvalue weighted by Gasteiger charge is -2.31. The lowest BCUT2D eigenvalue weighted by atomic mass is 9.86. The minimum atomic E-state index is -2.58. The first-order chi connectivity index (χ1) is 9.52. The first-order valence-corrected chi connectivity index (χ1v) is 7.52. The van der Waals surface area contributed by atoms with Crippen LogP contribution in [-0.2, 0) is 4.79 Å². The summed E-state index contributed by atoms with van der Waals surface area (Å²) in [6.07, 6.45) is 1.18. The number of halogens is 2. The van der Waals surface area contributed by atoms with E-state index in [0.29, 0.717) is 32.5 Å². The molecule has 1 saturated heterocycles. The van der Waals surface area contributed by atoms with Crippen LogP contribution in [0.5, 0.6) is 0 Å². The van der Waals surface area contributed by atoms with Gasteiger partial charge in [0, 0.05) is 44.9 Å². The van der Waals surface area contributed by atoms with Crippen molar-refractivity contribution >= 4 is 5.91 Å². The summed E-state index contributed by atoms with van der Waals surface area (Å²) in [6.45, 7) is 3.75. The molecule has 2 fully saturated rings. The fourth-order valence-electron chi connectivity index (χ4n) is 3.10. The average Bonchev–Trinajstić information content (AvgIpc) is 2.64. The van der Waals surface area contributed by atoms with Crippen LogP contribution in [0.4, 0.5) is 8.78 Å². The summed E-state index contributed by atoms with van der Waals surface area (Å²) in [5.41, 5.74) is 0. The zero-order chi connectivity index (χ0) is 14.6. The van der Waals surface area contributed by atoms with Gasteiger partial charge >= 0.3 is 0 Å². The predicted octanol–water partition coefficient (Wildman–Crippen LogP) is 1.34. The van der Waals surface area contributed by atoms with E-state index in [1.165, 1.54) is 0 Å². The molecule has 0 spiro atoms. The second kappa shape index (κ2) is 6.80. The first-order valence-electron chi connectivity index (χ1n) is 7.52. The van der Waals surface area contributed by atoms with Gasteiger partial charge in [-0.3, -0.25) is 9.69 Å². The van der Waals surface area contributed by atoms with Crippen molar-refractivity contribution in [3.05, 3.63) is 0 Å². The van der Waals surface area contributed by atoms with Crippen molar-refractivity contribution in [3.63, 3.8) is 0 Å². The number of rotatable bonds is 3. The molecule has 116 valence electrons. The molecule has 1 heterocycles. The highest BCUT2D eigenvalue weighted by Crippen LogP contribution is 2.36. The van der Waals surface area contributed by atoms with Crippen LogP contribution in [0.3, 0.4) is 0 Å². The summed E-state index contributed by atoms with van der Waals surface area (Å²) in [6, 6.07) is 0.